The predicted molar refractivity (Wildman–Crippen MR) is 109 cm³/mol. The number of hydrogen-bond donors (Lipinski definition) is 2. The molecule has 0 radical (unpaired) electrons. The van der Waals surface area contributed by atoms with Gasteiger partial charge in [-0.05, 0) is 37.4 Å². The SMILES string of the molecule is CN=C(NCc1ccc(OCC(F)(F)F)cc1)NCC(c1ccccc1)N(C)C. The molecule has 158 valence electrons. The molecule has 0 heterocycles. The van der Waals surface area contributed by atoms with Crippen molar-refractivity contribution in [1.82, 2.24) is 15.5 Å². The largest absolute Gasteiger partial charge is 0.484 e. The molecule has 0 aromatic heterocycles. The van der Waals surface area contributed by atoms with Gasteiger partial charge in [0.15, 0.2) is 12.6 Å². The molecule has 2 aromatic carbocycles. The number of nitrogens with zero attached hydrogens (tertiary/aromatic N) is 2. The Labute approximate surface area is 169 Å². The number of alkyl halides is 3. The fourth-order valence-electron chi connectivity index (χ4n) is 2.74. The van der Waals surface area contributed by atoms with Crippen LogP contribution in [0.25, 0.3) is 0 Å². The Hall–Kier alpha value is -2.74. The Bertz CT molecular complexity index is 762. The number of benzene rings is 2. The van der Waals surface area contributed by atoms with Crippen molar-refractivity contribution in [2.24, 2.45) is 4.99 Å². The quantitative estimate of drug-likeness (QED) is 0.518. The first-order chi connectivity index (χ1) is 13.8. The Morgan fingerprint density at radius 3 is 2.24 bits per heavy atom. The van der Waals surface area contributed by atoms with Crippen LogP contribution in [0.4, 0.5) is 13.2 Å². The van der Waals surface area contributed by atoms with E-state index >= 15 is 0 Å². The van der Waals surface area contributed by atoms with Gasteiger partial charge < -0.3 is 20.3 Å². The number of ether oxygens (including phenoxy) is 1. The van der Waals surface area contributed by atoms with Gasteiger partial charge in [-0.25, -0.2) is 0 Å². The molecule has 0 bridgehead atoms. The van der Waals surface area contributed by atoms with Crippen LogP contribution in [0.3, 0.4) is 0 Å². The molecule has 8 heteroatoms. The predicted octanol–water partition coefficient (Wildman–Crippen LogP) is 3.60. The lowest BCUT2D eigenvalue weighted by Crippen LogP contribution is -2.41. The van der Waals surface area contributed by atoms with Crippen molar-refractivity contribution in [3.05, 3.63) is 65.7 Å². The van der Waals surface area contributed by atoms with Crippen molar-refractivity contribution in [2.75, 3.05) is 34.3 Å². The molecular weight excluding hydrogens is 381 g/mol. The van der Waals surface area contributed by atoms with Gasteiger partial charge in [0.2, 0.25) is 0 Å². The maximum atomic E-state index is 12.2. The standard InChI is InChI=1S/C21H27F3N4O/c1-25-20(27-14-19(28(2)3)17-7-5-4-6-8-17)26-13-16-9-11-18(12-10-16)29-15-21(22,23)24/h4-12,19H,13-15H2,1-3H3,(H2,25,26,27). The first kappa shape index (κ1) is 22.5. The zero-order valence-corrected chi connectivity index (χ0v) is 16.8. The molecule has 0 saturated heterocycles. The van der Waals surface area contributed by atoms with Crippen LogP contribution in [-0.4, -0.2) is 51.3 Å². The van der Waals surface area contributed by atoms with E-state index < -0.39 is 12.8 Å². The highest BCUT2D eigenvalue weighted by atomic mass is 19.4. The Kier molecular flexibility index (Phi) is 8.33. The van der Waals surface area contributed by atoms with Crippen LogP contribution in [0, 0.1) is 0 Å². The number of hydrogen-bond acceptors (Lipinski definition) is 3. The zero-order valence-electron chi connectivity index (χ0n) is 16.8. The summed E-state index contributed by atoms with van der Waals surface area (Å²) in [5, 5.41) is 6.52. The first-order valence-electron chi connectivity index (χ1n) is 9.23. The fourth-order valence-corrected chi connectivity index (χ4v) is 2.74. The maximum absolute atomic E-state index is 12.2. The Morgan fingerprint density at radius 2 is 1.69 bits per heavy atom. The van der Waals surface area contributed by atoms with E-state index in [1.54, 1.807) is 19.2 Å². The van der Waals surface area contributed by atoms with Crippen LogP contribution in [0.1, 0.15) is 17.2 Å². The summed E-state index contributed by atoms with van der Waals surface area (Å²) in [6, 6.07) is 16.9. The van der Waals surface area contributed by atoms with E-state index in [9.17, 15) is 13.2 Å². The topological polar surface area (TPSA) is 48.9 Å². The number of nitrogens with one attached hydrogen (secondary N) is 2. The summed E-state index contributed by atoms with van der Waals surface area (Å²) in [6.07, 6.45) is -4.34. The fraction of sp³-hybridized carbons (Fsp3) is 0.381. The van der Waals surface area contributed by atoms with E-state index in [0.717, 1.165) is 5.56 Å². The van der Waals surface area contributed by atoms with Gasteiger partial charge >= 0.3 is 6.18 Å². The van der Waals surface area contributed by atoms with Gasteiger partial charge in [-0.15, -0.1) is 0 Å². The average Bonchev–Trinajstić information content (AvgIpc) is 2.69. The Morgan fingerprint density at radius 1 is 1.03 bits per heavy atom. The summed E-state index contributed by atoms with van der Waals surface area (Å²) in [7, 11) is 5.74. The minimum Gasteiger partial charge on any atom is -0.484 e. The number of rotatable bonds is 8. The van der Waals surface area contributed by atoms with Gasteiger partial charge in [-0.3, -0.25) is 4.99 Å². The third kappa shape index (κ3) is 8.03. The zero-order chi connectivity index (χ0) is 21.3. The van der Waals surface area contributed by atoms with Crippen LogP contribution in [0.15, 0.2) is 59.6 Å². The lowest BCUT2D eigenvalue weighted by molar-refractivity contribution is -0.153. The van der Waals surface area contributed by atoms with Crippen molar-refractivity contribution in [1.29, 1.82) is 0 Å². The van der Waals surface area contributed by atoms with Gasteiger partial charge in [0.25, 0.3) is 0 Å². The molecule has 0 amide bonds. The van der Waals surface area contributed by atoms with Crippen molar-refractivity contribution in [3.8, 4) is 5.75 Å². The van der Waals surface area contributed by atoms with E-state index in [1.165, 1.54) is 17.7 Å². The number of halogens is 3. The maximum Gasteiger partial charge on any atom is 0.422 e. The molecule has 2 N–H and O–H groups in total. The number of guanidine groups is 1. The van der Waals surface area contributed by atoms with Gasteiger partial charge in [-0.1, -0.05) is 42.5 Å². The lowest BCUT2D eigenvalue weighted by Gasteiger charge is -2.26. The van der Waals surface area contributed by atoms with Crippen molar-refractivity contribution in [3.63, 3.8) is 0 Å². The second-order valence-corrected chi connectivity index (χ2v) is 6.74. The summed E-state index contributed by atoms with van der Waals surface area (Å²) < 4.78 is 41.3. The third-order valence-electron chi connectivity index (χ3n) is 4.28. The number of aliphatic imine (C=N–C) groups is 1. The summed E-state index contributed by atoms with van der Waals surface area (Å²) in [4.78, 5) is 6.36. The van der Waals surface area contributed by atoms with Crippen LogP contribution in [-0.2, 0) is 6.54 Å². The third-order valence-corrected chi connectivity index (χ3v) is 4.28. The van der Waals surface area contributed by atoms with Gasteiger partial charge in [0, 0.05) is 20.1 Å². The highest BCUT2D eigenvalue weighted by Crippen LogP contribution is 2.19. The summed E-state index contributed by atoms with van der Waals surface area (Å²) in [5.41, 5.74) is 2.11. The molecule has 0 saturated carbocycles. The minimum atomic E-state index is -4.34. The molecule has 29 heavy (non-hydrogen) atoms. The van der Waals surface area contributed by atoms with Crippen LogP contribution in [0.2, 0.25) is 0 Å². The van der Waals surface area contributed by atoms with Gasteiger partial charge in [-0.2, -0.15) is 13.2 Å². The van der Waals surface area contributed by atoms with Gasteiger partial charge in [0.1, 0.15) is 5.75 Å². The van der Waals surface area contributed by atoms with E-state index in [1.807, 2.05) is 32.3 Å². The molecule has 0 aliphatic carbocycles. The highest BCUT2D eigenvalue weighted by Gasteiger charge is 2.28. The molecule has 0 fully saturated rings. The van der Waals surface area contributed by atoms with Crippen molar-refractivity contribution in [2.45, 2.75) is 18.8 Å². The molecule has 1 atom stereocenters. The van der Waals surface area contributed by atoms with E-state index in [2.05, 4.69) is 32.7 Å². The normalized spacial score (nSPS) is 13.3. The monoisotopic (exact) mass is 408 g/mol. The molecule has 0 aliphatic heterocycles. The van der Waals surface area contributed by atoms with Crippen LogP contribution < -0.4 is 15.4 Å². The molecule has 5 nitrogen and oxygen atoms in total. The summed E-state index contributed by atoms with van der Waals surface area (Å²) in [6.45, 7) is -0.145. The smallest absolute Gasteiger partial charge is 0.422 e. The second-order valence-electron chi connectivity index (χ2n) is 6.74. The minimum absolute atomic E-state index is 0.180. The molecule has 2 rings (SSSR count). The van der Waals surface area contributed by atoms with Crippen molar-refractivity contribution < 1.29 is 17.9 Å². The van der Waals surface area contributed by atoms with Gasteiger partial charge in [0.05, 0.1) is 6.04 Å². The molecule has 2 aromatic rings. The first-order valence-corrected chi connectivity index (χ1v) is 9.23. The summed E-state index contributed by atoms with van der Waals surface area (Å²) in [5.74, 6) is 0.829. The molecule has 0 aliphatic rings. The molecule has 1 unspecified atom stereocenters. The van der Waals surface area contributed by atoms with E-state index in [-0.39, 0.29) is 11.8 Å². The van der Waals surface area contributed by atoms with Crippen LogP contribution in [0.5, 0.6) is 5.75 Å². The van der Waals surface area contributed by atoms with E-state index in [4.69, 9.17) is 4.74 Å². The highest BCUT2D eigenvalue weighted by molar-refractivity contribution is 5.79. The van der Waals surface area contributed by atoms with E-state index in [0.29, 0.717) is 19.0 Å². The van der Waals surface area contributed by atoms with Crippen molar-refractivity contribution >= 4 is 5.96 Å². The summed E-state index contributed by atoms with van der Waals surface area (Å²) >= 11 is 0. The molecule has 0 spiro atoms. The van der Waals surface area contributed by atoms with Crippen LogP contribution >= 0.6 is 0 Å². The number of likely N-dealkylation sites (N-methyl/N-ethyl adjacent to an activating group) is 1. The Balaban J connectivity index is 1.85. The average molecular weight is 408 g/mol. The lowest BCUT2D eigenvalue weighted by atomic mass is 10.1. The molecular formula is C21H27F3N4O. The second kappa shape index (κ2) is 10.7.